The van der Waals surface area contributed by atoms with Gasteiger partial charge in [0.1, 0.15) is 6.16 Å². The quantitative estimate of drug-likeness (QED) is 0.435. The fourth-order valence-corrected chi connectivity index (χ4v) is 0.803. The van der Waals surface area contributed by atoms with E-state index in [4.69, 9.17) is 9.79 Å². The smallest absolute Gasteiger partial charge is 0.324 e. The van der Waals surface area contributed by atoms with Gasteiger partial charge in [-0.3, -0.25) is 9.36 Å². The van der Waals surface area contributed by atoms with Crippen LogP contribution in [0.25, 0.3) is 0 Å². The molecule has 2 N–H and O–H groups in total. The lowest BCUT2D eigenvalue weighted by atomic mass is 10.5. The Morgan fingerprint density at radius 1 is 1.67 bits per heavy atom. The summed E-state index contributed by atoms with van der Waals surface area (Å²) >= 11 is 0. The maximum atomic E-state index is 10.2. The lowest BCUT2D eigenvalue weighted by Gasteiger charge is -1.96. The zero-order chi connectivity index (χ0) is 7.49. The highest BCUT2D eigenvalue weighted by atomic mass is 31.2. The standard InChI is InChI=1S/C4H7O4P/c1-2-4(5)3-9(6,7)8/h2H,1,3H2,(H2,6,7,8). The molecule has 0 spiro atoms. The van der Waals surface area contributed by atoms with Crippen LogP contribution in [0.3, 0.4) is 0 Å². The van der Waals surface area contributed by atoms with Crippen molar-refractivity contribution in [2.45, 2.75) is 0 Å². The molecule has 0 atom stereocenters. The fraction of sp³-hybridized carbons (Fsp3) is 0.250. The summed E-state index contributed by atoms with van der Waals surface area (Å²) in [5, 5.41) is 0. The molecule has 0 bridgehead atoms. The van der Waals surface area contributed by atoms with Gasteiger partial charge in [-0.1, -0.05) is 6.58 Å². The summed E-state index contributed by atoms with van der Waals surface area (Å²) in [6, 6.07) is 0. The average molecular weight is 150 g/mol. The molecule has 0 rings (SSSR count). The van der Waals surface area contributed by atoms with Gasteiger partial charge in [0.05, 0.1) is 0 Å². The van der Waals surface area contributed by atoms with Gasteiger partial charge in [-0.15, -0.1) is 0 Å². The maximum absolute atomic E-state index is 10.2. The van der Waals surface area contributed by atoms with Crippen LogP contribution in [0.5, 0.6) is 0 Å². The first-order valence-corrected chi connectivity index (χ1v) is 3.95. The van der Waals surface area contributed by atoms with E-state index < -0.39 is 19.5 Å². The fourth-order valence-electron chi connectivity index (χ4n) is 0.268. The molecule has 52 valence electrons. The van der Waals surface area contributed by atoms with E-state index >= 15 is 0 Å². The summed E-state index contributed by atoms with van der Waals surface area (Å²) in [4.78, 5) is 26.5. The van der Waals surface area contributed by atoms with Gasteiger partial charge in [0.15, 0.2) is 5.78 Å². The highest BCUT2D eigenvalue weighted by Crippen LogP contribution is 2.33. The molecule has 0 aliphatic carbocycles. The molecule has 0 saturated heterocycles. The monoisotopic (exact) mass is 150 g/mol. The molecular weight excluding hydrogens is 143 g/mol. The Labute approximate surface area is 52.4 Å². The normalized spacial score (nSPS) is 10.9. The molecule has 0 amide bonds. The molecule has 9 heavy (non-hydrogen) atoms. The second-order valence-electron chi connectivity index (χ2n) is 1.49. The van der Waals surface area contributed by atoms with Crippen molar-refractivity contribution in [2.24, 2.45) is 0 Å². The minimum atomic E-state index is -4.16. The third-order valence-electron chi connectivity index (χ3n) is 0.589. The van der Waals surface area contributed by atoms with Crippen molar-refractivity contribution in [1.29, 1.82) is 0 Å². The van der Waals surface area contributed by atoms with Crippen LogP contribution in [0.2, 0.25) is 0 Å². The van der Waals surface area contributed by atoms with Crippen molar-refractivity contribution in [2.75, 3.05) is 6.16 Å². The molecular formula is C4H7O4P. The highest BCUT2D eigenvalue weighted by Gasteiger charge is 2.15. The zero-order valence-electron chi connectivity index (χ0n) is 4.65. The lowest BCUT2D eigenvalue weighted by molar-refractivity contribution is -0.112. The Morgan fingerprint density at radius 2 is 2.11 bits per heavy atom. The van der Waals surface area contributed by atoms with Gasteiger partial charge < -0.3 is 9.79 Å². The predicted molar refractivity (Wildman–Crippen MR) is 32.1 cm³/mol. The van der Waals surface area contributed by atoms with E-state index in [-0.39, 0.29) is 0 Å². The van der Waals surface area contributed by atoms with Crippen molar-refractivity contribution >= 4 is 13.4 Å². The zero-order valence-corrected chi connectivity index (χ0v) is 5.54. The summed E-state index contributed by atoms with van der Waals surface area (Å²) in [6.45, 7) is 3.05. The van der Waals surface area contributed by atoms with Crippen LogP contribution in [-0.4, -0.2) is 21.7 Å². The highest BCUT2D eigenvalue weighted by molar-refractivity contribution is 7.52. The maximum Gasteiger partial charge on any atom is 0.333 e. The van der Waals surface area contributed by atoms with Gasteiger partial charge in [-0.05, 0) is 6.08 Å². The first kappa shape index (κ1) is 8.56. The van der Waals surface area contributed by atoms with Crippen LogP contribution < -0.4 is 0 Å². The van der Waals surface area contributed by atoms with E-state index in [1.54, 1.807) is 0 Å². The number of carbonyl (C=O) groups is 1. The number of hydrogen-bond acceptors (Lipinski definition) is 2. The Morgan fingerprint density at radius 3 is 2.22 bits per heavy atom. The van der Waals surface area contributed by atoms with Crippen LogP contribution in [-0.2, 0) is 9.36 Å². The van der Waals surface area contributed by atoms with Gasteiger partial charge >= 0.3 is 7.60 Å². The Balaban J connectivity index is 3.89. The summed E-state index contributed by atoms with van der Waals surface area (Å²) in [5.41, 5.74) is 0. The van der Waals surface area contributed by atoms with Crippen molar-refractivity contribution in [3.8, 4) is 0 Å². The van der Waals surface area contributed by atoms with E-state index in [9.17, 15) is 9.36 Å². The summed E-state index contributed by atoms with van der Waals surface area (Å²) < 4.78 is 10.0. The molecule has 0 fully saturated rings. The molecule has 0 aliphatic rings. The number of hydrogen-bond donors (Lipinski definition) is 2. The minimum absolute atomic E-state index is 0.636. The molecule has 0 radical (unpaired) electrons. The number of ketones is 1. The summed E-state index contributed by atoms with van der Waals surface area (Å²) in [7, 11) is -4.16. The van der Waals surface area contributed by atoms with Crippen LogP contribution in [0.15, 0.2) is 12.7 Å². The largest absolute Gasteiger partial charge is 0.333 e. The SMILES string of the molecule is C=CC(=O)CP(=O)(O)O. The van der Waals surface area contributed by atoms with Crippen LogP contribution in [0, 0.1) is 0 Å². The van der Waals surface area contributed by atoms with Gasteiger partial charge in [0.2, 0.25) is 0 Å². The van der Waals surface area contributed by atoms with Gasteiger partial charge in [0.25, 0.3) is 0 Å². The van der Waals surface area contributed by atoms with Crippen LogP contribution in [0.1, 0.15) is 0 Å². The molecule has 0 heterocycles. The van der Waals surface area contributed by atoms with Crippen molar-refractivity contribution in [3.05, 3.63) is 12.7 Å². The number of rotatable bonds is 3. The summed E-state index contributed by atoms with van der Waals surface area (Å²) in [5.74, 6) is -0.636. The van der Waals surface area contributed by atoms with Crippen LogP contribution >= 0.6 is 7.60 Å². The molecule has 4 nitrogen and oxygen atoms in total. The Hall–Kier alpha value is -0.440. The lowest BCUT2D eigenvalue weighted by Crippen LogP contribution is -1.99. The predicted octanol–water partition coefficient (Wildman–Crippen LogP) is -0.0808. The van der Waals surface area contributed by atoms with E-state index in [1.807, 2.05) is 0 Å². The average Bonchev–Trinajstić information content (AvgIpc) is 1.62. The molecule has 5 heteroatoms. The van der Waals surface area contributed by atoms with E-state index in [0.29, 0.717) is 0 Å². The molecule has 0 aromatic heterocycles. The van der Waals surface area contributed by atoms with Crippen molar-refractivity contribution < 1.29 is 19.1 Å². The van der Waals surface area contributed by atoms with E-state index in [2.05, 4.69) is 6.58 Å². The Bertz CT molecular complexity index is 167. The van der Waals surface area contributed by atoms with Gasteiger partial charge in [0, 0.05) is 0 Å². The molecule has 0 unspecified atom stereocenters. The molecule has 0 aromatic carbocycles. The van der Waals surface area contributed by atoms with Gasteiger partial charge in [-0.2, -0.15) is 0 Å². The second-order valence-corrected chi connectivity index (χ2v) is 3.14. The third kappa shape index (κ3) is 5.43. The van der Waals surface area contributed by atoms with E-state index in [1.165, 1.54) is 0 Å². The second kappa shape index (κ2) is 2.92. The first-order chi connectivity index (χ1) is 3.95. The minimum Gasteiger partial charge on any atom is -0.324 e. The van der Waals surface area contributed by atoms with Gasteiger partial charge in [-0.25, -0.2) is 0 Å². The van der Waals surface area contributed by atoms with E-state index in [0.717, 1.165) is 6.08 Å². The van der Waals surface area contributed by atoms with Crippen molar-refractivity contribution in [3.63, 3.8) is 0 Å². The first-order valence-electron chi connectivity index (χ1n) is 2.15. The molecule has 0 aliphatic heterocycles. The Kier molecular flexibility index (Phi) is 2.77. The topological polar surface area (TPSA) is 74.6 Å². The number of allylic oxidation sites excluding steroid dienone is 1. The van der Waals surface area contributed by atoms with Crippen molar-refractivity contribution in [1.82, 2.24) is 0 Å². The summed E-state index contributed by atoms with van der Waals surface area (Å²) in [6.07, 6.45) is 0.148. The van der Waals surface area contributed by atoms with Crippen LogP contribution in [0.4, 0.5) is 0 Å². The number of carbonyl (C=O) groups excluding carboxylic acids is 1. The molecule has 0 saturated carbocycles. The molecule has 0 aromatic rings. The third-order valence-corrected chi connectivity index (χ3v) is 1.31.